The highest BCUT2D eigenvalue weighted by atomic mass is 16.5. The third kappa shape index (κ3) is 5.58. The van der Waals surface area contributed by atoms with Gasteiger partial charge in [0.2, 0.25) is 5.91 Å². The number of methoxy groups -OCH3 is 1. The first kappa shape index (κ1) is 20.0. The lowest BCUT2D eigenvalue weighted by atomic mass is 9.78. The van der Waals surface area contributed by atoms with E-state index in [4.69, 9.17) is 0 Å². The molecule has 0 spiro atoms. The molecule has 0 aromatic carbocycles. The normalized spacial score (nSPS) is 29.1. The van der Waals surface area contributed by atoms with Crippen molar-refractivity contribution >= 4 is 11.9 Å². The molecule has 0 aromatic heterocycles. The van der Waals surface area contributed by atoms with E-state index in [0.717, 1.165) is 19.4 Å². The van der Waals surface area contributed by atoms with Crippen LogP contribution in [0.2, 0.25) is 0 Å². The standard InChI is InChI=1S/C21H35NO3/c1-4-8-15(2)14-22-21(24)20-17-12-11-16(13-17)18(20)9-6-5-7-10-19(23)25-3/h6,9,15-18,20H,4-5,7-8,10-14H2,1-3H3,(H,22,24). The zero-order valence-electron chi connectivity index (χ0n) is 16.1. The van der Waals surface area contributed by atoms with Crippen LogP contribution in [0.15, 0.2) is 12.2 Å². The summed E-state index contributed by atoms with van der Waals surface area (Å²) >= 11 is 0. The van der Waals surface area contributed by atoms with Crippen LogP contribution in [-0.4, -0.2) is 25.5 Å². The number of hydrogen-bond donors (Lipinski definition) is 1. The maximum absolute atomic E-state index is 12.8. The minimum Gasteiger partial charge on any atom is -0.469 e. The van der Waals surface area contributed by atoms with Gasteiger partial charge in [0.1, 0.15) is 0 Å². The number of ether oxygens (including phenoxy) is 1. The molecule has 2 fully saturated rings. The van der Waals surface area contributed by atoms with E-state index in [1.807, 2.05) is 0 Å². The van der Waals surface area contributed by atoms with Crippen LogP contribution in [0.3, 0.4) is 0 Å². The topological polar surface area (TPSA) is 55.4 Å². The number of allylic oxidation sites excluding steroid dienone is 2. The molecule has 2 aliphatic rings. The minimum atomic E-state index is -0.147. The lowest BCUT2D eigenvalue weighted by Crippen LogP contribution is -2.39. The van der Waals surface area contributed by atoms with Crippen LogP contribution in [-0.2, 0) is 14.3 Å². The van der Waals surface area contributed by atoms with Gasteiger partial charge < -0.3 is 10.1 Å². The van der Waals surface area contributed by atoms with Crippen molar-refractivity contribution in [3.8, 4) is 0 Å². The molecule has 1 amide bonds. The first-order valence-corrected chi connectivity index (χ1v) is 10.1. The molecule has 142 valence electrons. The monoisotopic (exact) mass is 349 g/mol. The molecule has 5 unspecified atom stereocenters. The van der Waals surface area contributed by atoms with E-state index >= 15 is 0 Å². The molecule has 2 bridgehead atoms. The van der Waals surface area contributed by atoms with Crippen LogP contribution in [0.1, 0.15) is 65.2 Å². The van der Waals surface area contributed by atoms with Gasteiger partial charge in [-0.15, -0.1) is 0 Å². The molecule has 4 nitrogen and oxygen atoms in total. The number of rotatable bonds is 10. The van der Waals surface area contributed by atoms with Crippen LogP contribution >= 0.6 is 0 Å². The highest BCUT2D eigenvalue weighted by molar-refractivity contribution is 5.80. The second-order valence-electron chi connectivity index (χ2n) is 7.97. The van der Waals surface area contributed by atoms with E-state index in [1.54, 1.807) is 0 Å². The lowest BCUT2D eigenvalue weighted by Gasteiger charge is -2.28. The summed E-state index contributed by atoms with van der Waals surface area (Å²) in [7, 11) is 1.43. The van der Waals surface area contributed by atoms with Crippen molar-refractivity contribution in [2.45, 2.75) is 65.2 Å². The van der Waals surface area contributed by atoms with Gasteiger partial charge in [0.25, 0.3) is 0 Å². The van der Waals surface area contributed by atoms with Gasteiger partial charge in [-0.2, -0.15) is 0 Å². The molecule has 0 radical (unpaired) electrons. The largest absolute Gasteiger partial charge is 0.469 e. The zero-order valence-corrected chi connectivity index (χ0v) is 16.1. The molecular formula is C21H35NO3. The Morgan fingerprint density at radius 1 is 1.28 bits per heavy atom. The number of amides is 1. The summed E-state index contributed by atoms with van der Waals surface area (Å²) in [5.41, 5.74) is 0. The van der Waals surface area contributed by atoms with Crippen molar-refractivity contribution < 1.29 is 14.3 Å². The summed E-state index contributed by atoms with van der Waals surface area (Å²) in [6.45, 7) is 5.20. The van der Waals surface area contributed by atoms with E-state index < -0.39 is 0 Å². The molecule has 1 N–H and O–H groups in total. The van der Waals surface area contributed by atoms with Gasteiger partial charge in [-0.05, 0) is 62.2 Å². The Balaban J connectivity index is 1.83. The Kier molecular flexibility index (Phi) is 7.98. The number of carbonyl (C=O) groups excluding carboxylic acids is 2. The molecule has 4 heteroatoms. The fourth-order valence-corrected chi connectivity index (χ4v) is 4.71. The quantitative estimate of drug-likeness (QED) is 0.367. The molecule has 0 saturated heterocycles. The van der Waals surface area contributed by atoms with Gasteiger partial charge in [0.05, 0.1) is 7.11 Å². The van der Waals surface area contributed by atoms with Gasteiger partial charge >= 0.3 is 5.97 Å². The predicted molar refractivity (Wildman–Crippen MR) is 99.9 cm³/mol. The molecule has 2 saturated carbocycles. The summed E-state index contributed by atoms with van der Waals surface area (Å²) in [4.78, 5) is 23.9. The van der Waals surface area contributed by atoms with E-state index in [9.17, 15) is 9.59 Å². The third-order valence-corrected chi connectivity index (χ3v) is 6.03. The van der Waals surface area contributed by atoms with Crippen molar-refractivity contribution in [3.05, 3.63) is 12.2 Å². The summed E-state index contributed by atoms with van der Waals surface area (Å²) in [6, 6.07) is 0. The van der Waals surface area contributed by atoms with Crippen molar-refractivity contribution in [1.29, 1.82) is 0 Å². The third-order valence-electron chi connectivity index (χ3n) is 6.03. The predicted octanol–water partition coefficient (Wildman–Crippen LogP) is 4.10. The SMILES string of the molecule is CCCC(C)CNC(=O)C1C2CCC(C2)C1C=CCCCC(=O)OC. The van der Waals surface area contributed by atoms with Crippen molar-refractivity contribution in [2.75, 3.05) is 13.7 Å². The molecule has 0 heterocycles. The number of hydrogen-bond acceptors (Lipinski definition) is 3. The van der Waals surface area contributed by atoms with Crippen LogP contribution in [0.25, 0.3) is 0 Å². The maximum atomic E-state index is 12.8. The molecule has 0 aliphatic heterocycles. The second kappa shape index (κ2) is 9.98. The van der Waals surface area contributed by atoms with Gasteiger partial charge in [-0.1, -0.05) is 32.4 Å². The van der Waals surface area contributed by atoms with Crippen molar-refractivity contribution in [2.24, 2.45) is 29.6 Å². The molecule has 5 atom stereocenters. The van der Waals surface area contributed by atoms with Crippen molar-refractivity contribution in [3.63, 3.8) is 0 Å². The van der Waals surface area contributed by atoms with E-state index in [2.05, 4.69) is 36.1 Å². The second-order valence-corrected chi connectivity index (χ2v) is 7.97. The fourth-order valence-electron chi connectivity index (χ4n) is 4.71. The number of unbranched alkanes of at least 4 members (excludes halogenated alkanes) is 1. The van der Waals surface area contributed by atoms with Gasteiger partial charge in [-0.3, -0.25) is 9.59 Å². The smallest absolute Gasteiger partial charge is 0.305 e. The summed E-state index contributed by atoms with van der Waals surface area (Å²) < 4.78 is 4.67. The van der Waals surface area contributed by atoms with Crippen LogP contribution in [0.4, 0.5) is 0 Å². The molecule has 25 heavy (non-hydrogen) atoms. The molecule has 2 rings (SSSR count). The number of carbonyl (C=O) groups is 2. The zero-order chi connectivity index (χ0) is 18.2. The average molecular weight is 350 g/mol. The Hall–Kier alpha value is -1.32. The van der Waals surface area contributed by atoms with Crippen LogP contribution in [0, 0.1) is 29.6 Å². The molecular weight excluding hydrogens is 314 g/mol. The number of fused-ring (bicyclic) bond motifs is 2. The van der Waals surface area contributed by atoms with Crippen LogP contribution < -0.4 is 5.32 Å². The van der Waals surface area contributed by atoms with E-state index in [-0.39, 0.29) is 17.8 Å². The van der Waals surface area contributed by atoms with Crippen LogP contribution in [0.5, 0.6) is 0 Å². The first-order valence-electron chi connectivity index (χ1n) is 10.1. The Morgan fingerprint density at radius 2 is 2.04 bits per heavy atom. The maximum Gasteiger partial charge on any atom is 0.305 e. The summed E-state index contributed by atoms with van der Waals surface area (Å²) in [5.74, 6) is 2.45. The summed E-state index contributed by atoms with van der Waals surface area (Å²) in [6.07, 6.45) is 12.6. The Morgan fingerprint density at radius 3 is 2.76 bits per heavy atom. The average Bonchev–Trinajstić information content (AvgIpc) is 3.20. The van der Waals surface area contributed by atoms with E-state index in [1.165, 1.54) is 39.2 Å². The Labute approximate surface area is 152 Å². The minimum absolute atomic E-state index is 0.147. The van der Waals surface area contributed by atoms with Gasteiger partial charge in [0.15, 0.2) is 0 Å². The van der Waals surface area contributed by atoms with Gasteiger partial charge in [0, 0.05) is 18.9 Å². The fraction of sp³-hybridized carbons (Fsp3) is 0.810. The molecule has 0 aromatic rings. The molecule has 2 aliphatic carbocycles. The van der Waals surface area contributed by atoms with Gasteiger partial charge in [-0.25, -0.2) is 0 Å². The summed E-state index contributed by atoms with van der Waals surface area (Å²) in [5, 5.41) is 3.21. The van der Waals surface area contributed by atoms with E-state index in [0.29, 0.717) is 30.1 Å². The first-order chi connectivity index (χ1) is 12.1. The van der Waals surface area contributed by atoms with Crippen molar-refractivity contribution in [1.82, 2.24) is 5.32 Å². The number of esters is 1. The number of nitrogens with one attached hydrogen (secondary N) is 1. The highest BCUT2D eigenvalue weighted by Crippen LogP contribution is 2.52. The lowest BCUT2D eigenvalue weighted by molar-refractivity contribution is -0.140. The highest BCUT2D eigenvalue weighted by Gasteiger charge is 2.49. The Bertz CT molecular complexity index is 474.